The van der Waals surface area contributed by atoms with Crippen molar-refractivity contribution in [1.29, 1.82) is 0 Å². The van der Waals surface area contributed by atoms with Crippen LogP contribution in [-0.4, -0.2) is 21.3 Å². The molecule has 0 heterocycles. The van der Waals surface area contributed by atoms with Crippen molar-refractivity contribution in [3.63, 3.8) is 0 Å². The molecule has 0 aliphatic heterocycles. The van der Waals surface area contributed by atoms with E-state index in [1.807, 2.05) is 0 Å². The molecule has 0 unspecified atom stereocenters. The van der Waals surface area contributed by atoms with E-state index in [-0.39, 0.29) is 11.3 Å². The molecule has 13 heavy (non-hydrogen) atoms. The molecular formula is C9H8O4. The number of aromatic hydroxyl groups is 1. The van der Waals surface area contributed by atoms with Crippen molar-refractivity contribution in [2.24, 2.45) is 0 Å². The van der Waals surface area contributed by atoms with Gasteiger partial charge in [-0.1, -0.05) is 12.1 Å². The van der Waals surface area contributed by atoms with Crippen LogP contribution in [0.4, 0.5) is 0 Å². The molecular weight excluding hydrogens is 172 g/mol. The lowest BCUT2D eigenvalue weighted by Crippen LogP contribution is -1.91. The zero-order chi connectivity index (χ0) is 9.84. The average molecular weight is 180 g/mol. The molecule has 0 aromatic heterocycles. The van der Waals surface area contributed by atoms with Crippen molar-refractivity contribution in [2.45, 2.75) is 0 Å². The topological polar surface area (TPSA) is 77.8 Å². The van der Waals surface area contributed by atoms with Crippen LogP contribution >= 0.6 is 0 Å². The average Bonchev–Trinajstić information content (AvgIpc) is 2.03. The van der Waals surface area contributed by atoms with Crippen LogP contribution in [0.15, 0.2) is 30.3 Å². The minimum absolute atomic E-state index is 0.102. The second-order valence-electron chi connectivity index (χ2n) is 2.38. The summed E-state index contributed by atoms with van der Waals surface area (Å²) in [5.74, 6) is -1.89. The van der Waals surface area contributed by atoms with E-state index in [1.165, 1.54) is 12.1 Å². The first kappa shape index (κ1) is 9.12. The normalized spacial score (nSPS) is 11.2. The Morgan fingerprint density at radius 3 is 2.38 bits per heavy atom. The first-order chi connectivity index (χ1) is 6.11. The number of phenolic OH excluding ortho intramolecular Hbond substituents is 1. The van der Waals surface area contributed by atoms with Crippen molar-refractivity contribution in [3.8, 4) is 5.75 Å². The molecule has 0 bridgehead atoms. The van der Waals surface area contributed by atoms with E-state index in [9.17, 15) is 15.0 Å². The van der Waals surface area contributed by atoms with Crippen LogP contribution in [0.25, 0.3) is 5.76 Å². The molecule has 0 aliphatic carbocycles. The number of aliphatic hydroxyl groups is 1. The number of hydrogen-bond acceptors (Lipinski definition) is 3. The highest BCUT2D eigenvalue weighted by atomic mass is 16.4. The summed E-state index contributed by atoms with van der Waals surface area (Å²) in [5, 5.41) is 26.7. The summed E-state index contributed by atoms with van der Waals surface area (Å²) in [4.78, 5) is 10.2. The van der Waals surface area contributed by atoms with Gasteiger partial charge in [0.15, 0.2) is 0 Å². The standard InChI is InChI=1S/C9H8O4/c10-7-4-2-1-3-6(7)8(11)5-9(12)13/h1-5,10-11H,(H,12,13). The first-order valence-corrected chi connectivity index (χ1v) is 3.53. The third-order valence-electron chi connectivity index (χ3n) is 1.44. The van der Waals surface area contributed by atoms with Crippen molar-refractivity contribution in [3.05, 3.63) is 35.9 Å². The van der Waals surface area contributed by atoms with Gasteiger partial charge >= 0.3 is 5.97 Å². The monoisotopic (exact) mass is 180 g/mol. The minimum Gasteiger partial charge on any atom is -0.507 e. The van der Waals surface area contributed by atoms with Gasteiger partial charge in [0.2, 0.25) is 0 Å². The molecule has 0 fully saturated rings. The second-order valence-corrected chi connectivity index (χ2v) is 2.38. The second kappa shape index (κ2) is 3.62. The third kappa shape index (κ3) is 2.23. The van der Waals surface area contributed by atoms with E-state index in [4.69, 9.17) is 5.11 Å². The number of carbonyl (C=O) groups is 1. The minimum atomic E-state index is -1.26. The Balaban J connectivity index is 3.08. The molecule has 4 heteroatoms. The number of aliphatic hydroxyl groups excluding tert-OH is 1. The summed E-state index contributed by atoms with van der Waals surface area (Å²) in [6.07, 6.45) is 0.620. The number of para-hydroxylation sites is 1. The molecule has 1 aromatic carbocycles. The van der Waals surface area contributed by atoms with Gasteiger partial charge in [0.1, 0.15) is 11.5 Å². The van der Waals surface area contributed by atoms with E-state index >= 15 is 0 Å². The Kier molecular flexibility index (Phi) is 2.54. The molecule has 0 saturated heterocycles. The van der Waals surface area contributed by atoms with Crippen molar-refractivity contribution in [2.75, 3.05) is 0 Å². The van der Waals surface area contributed by atoms with Crippen LogP contribution < -0.4 is 0 Å². The quantitative estimate of drug-likeness (QED) is 0.474. The SMILES string of the molecule is O=C(O)C=C(O)c1ccccc1O. The number of phenols is 1. The van der Waals surface area contributed by atoms with Crippen LogP contribution in [0.2, 0.25) is 0 Å². The lowest BCUT2D eigenvalue weighted by atomic mass is 10.1. The number of rotatable bonds is 2. The summed E-state index contributed by atoms with van der Waals surface area (Å²) >= 11 is 0. The van der Waals surface area contributed by atoms with Gasteiger partial charge in [-0.05, 0) is 12.1 Å². The molecule has 0 radical (unpaired) electrons. The number of carboxylic acid groups (broad SMARTS) is 1. The van der Waals surface area contributed by atoms with Gasteiger partial charge in [0.05, 0.1) is 11.6 Å². The van der Waals surface area contributed by atoms with Crippen LogP contribution in [0.3, 0.4) is 0 Å². The Morgan fingerprint density at radius 1 is 1.23 bits per heavy atom. The van der Waals surface area contributed by atoms with Crippen molar-refractivity contribution in [1.82, 2.24) is 0 Å². The molecule has 3 N–H and O–H groups in total. The van der Waals surface area contributed by atoms with Gasteiger partial charge in [0, 0.05) is 0 Å². The van der Waals surface area contributed by atoms with Gasteiger partial charge in [-0.2, -0.15) is 0 Å². The summed E-state index contributed by atoms with van der Waals surface area (Å²) in [5.41, 5.74) is 0.102. The van der Waals surface area contributed by atoms with E-state index in [0.29, 0.717) is 6.08 Å². The fraction of sp³-hybridized carbons (Fsp3) is 0. The molecule has 0 atom stereocenters. The van der Waals surface area contributed by atoms with E-state index < -0.39 is 11.7 Å². The molecule has 68 valence electrons. The van der Waals surface area contributed by atoms with Crippen molar-refractivity contribution < 1.29 is 20.1 Å². The number of carboxylic acids is 1. The van der Waals surface area contributed by atoms with E-state index in [0.717, 1.165) is 0 Å². The largest absolute Gasteiger partial charge is 0.507 e. The fourth-order valence-electron chi connectivity index (χ4n) is 0.885. The Hall–Kier alpha value is -1.97. The predicted octanol–water partition coefficient (Wildman–Crippen LogP) is 1.38. The zero-order valence-electron chi connectivity index (χ0n) is 6.64. The lowest BCUT2D eigenvalue weighted by molar-refractivity contribution is -0.131. The highest BCUT2D eigenvalue weighted by molar-refractivity contribution is 5.88. The van der Waals surface area contributed by atoms with Crippen molar-refractivity contribution >= 4 is 11.7 Å². The van der Waals surface area contributed by atoms with Gasteiger partial charge in [-0.3, -0.25) is 0 Å². The number of hydrogen-bond donors (Lipinski definition) is 3. The molecule has 0 amide bonds. The van der Waals surface area contributed by atoms with Gasteiger partial charge < -0.3 is 15.3 Å². The maximum atomic E-state index is 10.2. The first-order valence-electron chi connectivity index (χ1n) is 3.53. The molecule has 0 aliphatic rings. The van der Waals surface area contributed by atoms with Crippen LogP contribution in [-0.2, 0) is 4.79 Å². The van der Waals surface area contributed by atoms with Crippen LogP contribution in [0.5, 0.6) is 5.75 Å². The van der Waals surface area contributed by atoms with Gasteiger partial charge in [-0.15, -0.1) is 0 Å². The highest BCUT2D eigenvalue weighted by Crippen LogP contribution is 2.22. The van der Waals surface area contributed by atoms with E-state index in [1.54, 1.807) is 12.1 Å². The maximum absolute atomic E-state index is 10.2. The van der Waals surface area contributed by atoms with Gasteiger partial charge in [-0.25, -0.2) is 4.79 Å². The molecule has 0 spiro atoms. The maximum Gasteiger partial charge on any atom is 0.332 e. The highest BCUT2D eigenvalue weighted by Gasteiger charge is 2.05. The zero-order valence-corrected chi connectivity index (χ0v) is 6.64. The Morgan fingerprint density at radius 2 is 1.85 bits per heavy atom. The molecule has 0 saturated carbocycles. The fourth-order valence-corrected chi connectivity index (χ4v) is 0.885. The summed E-state index contributed by atoms with van der Waals surface area (Å²) < 4.78 is 0. The molecule has 1 rings (SSSR count). The smallest absolute Gasteiger partial charge is 0.332 e. The molecule has 4 nitrogen and oxygen atoms in total. The Labute approximate surface area is 74.4 Å². The van der Waals surface area contributed by atoms with Gasteiger partial charge in [0.25, 0.3) is 0 Å². The molecule has 1 aromatic rings. The predicted molar refractivity (Wildman–Crippen MR) is 46.3 cm³/mol. The Bertz CT molecular complexity index is 354. The summed E-state index contributed by atoms with van der Waals surface area (Å²) in [7, 11) is 0. The van der Waals surface area contributed by atoms with Crippen LogP contribution in [0, 0.1) is 0 Å². The third-order valence-corrected chi connectivity index (χ3v) is 1.44. The number of aliphatic carboxylic acids is 1. The number of benzene rings is 1. The lowest BCUT2D eigenvalue weighted by Gasteiger charge is -2.01. The van der Waals surface area contributed by atoms with E-state index in [2.05, 4.69) is 0 Å². The van der Waals surface area contributed by atoms with Crippen LogP contribution in [0.1, 0.15) is 5.56 Å². The summed E-state index contributed by atoms with van der Waals surface area (Å²) in [6.45, 7) is 0. The summed E-state index contributed by atoms with van der Waals surface area (Å²) in [6, 6.07) is 5.94.